The summed E-state index contributed by atoms with van der Waals surface area (Å²) in [6, 6.07) is 6.85. The molecule has 1 amide bonds. The lowest BCUT2D eigenvalue weighted by Gasteiger charge is -2.25. The highest BCUT2D eigenvalue weighted by molar-refractivity contribution is 5.95. The van der Waals surface area contributed by atoms with Crippen molar-refractivity contribution in [2.75, 3.05) is 6.61 Å². The standard InChI is InChI=1S/C18H24N2O3/c1-12-14(7-8-15(19-12)16-6-5-9-23-16)17(22)20-13(11-21)10-18(2,3)4/h5-9,13,21H,10-11H2,1-4H3,(H,20,22). The highest BCUT2D eigenvalue weighted by atomic mass is 16.3. The highest BCUT2D eigenvalue weighted by Gasteiger charge is 2.21. The molecular formula is C18H24N2O3. The molecule has 0 aromatic carbocycles. The van der Waals surface area contributed by atoms with Gasteiger partial charge in [-0.2, -0.15) is 0 Å². The van der Waals surface area contributed by atoms with Crippen LogP contribution in [0.5, 0.6) is 0 Å². The van der Waals surface area contributed by atoms with Gasteiger partial charge in [0.15, 0.2) is 5.76 Å². The molecule has 0 aliphatic heterocycles. The first-order valence-corrected chi connectivity index (χ1v) is 7.73. The second-order valence-corrected chi connectivity index (χ2v) is 6.92. The predicted molar refractivity (Wildman–Crippen MR) is 89.1 cm³/mol. The number of rotatable bonds is 5. The van der Waals surface area contributed by atoms with E-state index >= 15 is 0 Å². The lowest BCUT2D eigenvalue weighted by Crippen LogP contribution is -2.40. The number of carbonyl (C=O) groups is 1. The second kappa shape index (κ2) is 6.96. The summed E-state index contributed by atoms with van der Waals surface area (Å²) in [4.78, 5) is 16.9. The summed E-state index contributed by atoms with van der Waals surface area (Å²) in [5.41, 5.74) is 1.85. The molecule has 23 heavy (non-hydrogen) atoms. The summed E-state index contributed by atoms with van der Waals surface area (Å²) in [7, 11) is 0. The molecule has 0 fully saturated rings. The van der Waals surface area contributed by atoms with Crippen LogP contribution in [0.1, 0.15) is 43.2 Å². The molecule has 2 N–H and O–H groups in total. The van der Waals surface area contributed by atoms with Crippen molar-refractivity contribution >= 4 is 5.91 Å². The lowest BCUT2D eigenvalue weighted by molar-refractivity contribution is 0.0896. The quantitative estimate of drug-likeness (QED) is 0.888. The van der Waals surface area contributed by atoms with Gasteiger partial charge in [-0.15, -0.1) is 0 Å². The van der Waals surface area contributed by atoms with Crippen molar-refractivity contribution in [1.29, 1.82) is 0 Å². The molecular weight excluding hydrogens is 292 g/mol. The van der Waals surface area contributed by atoms with Gasteiger partial charge in [0.1, 0.15) is 5.69 Å². The number of aliphatic hydroxyl groups is 1. The zero-order chi connectivity index (χ0) is 17.0. The fraction of sp³-hybridized carbons (Fsp3) is 0.444. The molecule has 0 saturated heterocycles. The van der Waals surface area contributed by atoms with Crippen LogP contribution in [0.25, 0.3) is 11.5 Å². The Hall–Kier alpha value is -2.14. The molecule has 1 unspecified atom stereocenters. The van der Waals surface area contributed by atoms with Crippen molar-refractivity contribution in [3.8, 4) is 11.5 Å². The summed E-state index contributed by atoms with van der Waals surface area (Å²) < 4.78 is 5.32. The van der Waals surface area contributed by atoms with Crippen LogP contribution in [0, 0.1) is 12.3 Å². The van der Waals surface area contributed by atoms with E-state index in [9.17, 15) is 9.90 Å². The Morgan fingerprint density at radius 1 is 1.35 bits per heavy atom. The van der Waals surface area contributed by atoms with Crippen LogP contribution in [0.15, 0.2) is 34.9 Å². The number of hydrogen-bond donors (Lipinski definition) is 2. The van der Waals surface area contributed by atoms with Crippen molar-refractivity contribution < 1.29 is 14.3 Å². The summed E-state index contributed by atoms with van der Waals surface area (Å²) in [5, 5.41) is 12.4. The topological polar surface area (TPSA) is 75.4 Å². The van der Waals surface area contributed by atoms with Crippen molar-refractivity contribution in [2.24, 2.45) is 5.41 Å². The highest BCUT2D eigenvalue weighted by Crippen LogP contribution is 2.22. The number of nitrogens with zero attached hydrogens (tertiary/aromatic N) is 1. The van der Waals surface area contributed by atoms with E-state index in [-0.39, 0.29) is 24.0 Å². The molecule has 5 nitrogen and oxygen atoms in total. The molecule has 0 saturated carbocycles. The Morgan fingerprint density at radius 3 is 2.61 bits per heavy atom. The lowest BCUT2D eigenvalue weighted by atomic mass is 9.88. The molecule has 2 aromatic rings. The normalized spacial score (nSPS) is 12.9. The van der Waals surface area contributed by atoms with Crippen molar-refractivity contribution in [2.45, 2.75) is 40.2 Å². The zero-order valence-electron chi connectivity index (χ0n) is 14.1. The van der Waals surface area contributed by atoms with Gasteiger partial charge in [-0.1, -0.05) is 20.8 Å². The molecule has 0 aliphatic carbocycles. The Labute approximate surface area is 136 Å². The molecule has 1 atom stereocenters. The minimum Gasteiger partial charge on any atom is -0.463 e. The number of aliphatic hydroxyl groups excluding tert-OH is 1. The third kappa shape index (κ3) is 4.66. The Kier molecular flexibility index (Phi) is 5.21. The number of pyridine rings is 1. The number of aromatic nitrogens is 1. The van der Waals surface area contributed by atoms with Crippen LogP contribution in [-0.4, -0.2) is 28.6 Å². The van der Waals surface area contributed by atoms with E-state index in [1.165, 1.54) is 0 Å². The van der Waals surface area contributed by atoms with Gasteiger partial charge in [0.25, 0.3) is 5.91 Å². The zero-order valence-corrected chi connectivity index (χ0v) is 14.1. The maximum atomic E-state index is 12.4. The minimum atomic E-state index is -0.272. The third-order valence-electron chi connectivity index (χ3n) is 3.52. The molecule has 0 radical (unpaired) electrons. The first kappa shape index (κ1) is 17.2. The van der Waals surface area contributed by atoms with Crippen LogP contribution < -0.4 is 5.32 Å². The van der Waals surface area contributed by atoms with E-state index in [0.29, 0.717) is 29.1 Å². The average molecular weight is 316 g/mol. The number of amides is 1. The van der Waals surface area contributed by atoms with Gasteiger partial charge in [-0.3, -0.25) is 4.79 Å². The molecule has 2 aromatic heterocycles. The van der Waals surface area contributed by atoms with E-state index in [0.717, 1.165) is 0 Å². The first-order valence-electron chi connectivity index (χ1n) is 7.73. The molecule has 2 heterocycles. The summed E-state index contributed by atoms with van der Waals surface area (Å²) in [5.74, 6) is 0.449. The second-order valence-electron chi connectivity index (χ2n) is 6.92. The van der Waals surface area contributed by atoms with Crippen molar-refractivity contribution in [3.63, 3.8) is 0 Å². The fourth-order valence-electron chi connectivity index (χ4n) is 2.53. The smallest absolute Gasteiger partial charge is 0.253 e. The van der Waals surface area contributed by atoms with Gasteiger partial charge in [0.05, 0.1) is 30.2 Å². The molecule has 0 aliphatic rings. The SMILES string of the molecule is Cc1nc(-c2ccco2)ccc1C(=O)NC(CO)CC(C)(C)C. The third-order valence-corrected chi connectivity index (χ3v) is 3.52. The maximum absolute atomic E-state index is 12.4. The largest absolute Gasteiger partial charge is 0.463 e. The Bertz CT molecular complexity index is 657. The predicted octanol–water partition coefficient (Wildman–Crippen LogP) is 3.18. The van der Waals surface area contributed by atoms with Crippen LogP contribution in [0.2, 0.25) is 0 Å². The van der Waals surface area contributed by atoms with Crippen molar-refractivity contribution in [1.82, 2.24) is 10.3 Å². The van der Waals surface area contributed by atoms with Crippen LogP contribution in [0.3, 0.4) is 0 Å². The van der Waals surface area contributed by atoms with Crippen LogP contribution in [-0.2, 0) is 0 Å². The molecule has 2 rings (SSSR count). The van der Waals surface area contributed by atoms with E-state index in [1.54, 1.807) is 31.4 Å². The van der Waals surface area contributed by atoms with E-state index in [4.69, 9.17) is 4.42 Å². The number of aryl methyl sites for hydroxylation is 1. The van der Waals surface area contributed by atoms with Gasteiger partial charge < -0.3 is 14.8 Å². The Balaban J connectivity index is 2.13. The van der Waals surface area contributed by atoms with Crippen LogP contribution >= 0.6 is 0 Å². The molecule has 0 bridgehead atoms. The van der Waals surface area contributed by atoms with Gasteiger partial charge in [-0.05, 0) is 43.0 Å². The number of furan rings is 1. The molecule has 5 heteroatoms. The summed E-state index contributed by atoms with van der Waals surface area (Å²) in [6.45, 7) is 7.94. The van der Waals surface area contributed by atoms with E-state index < -0.39 is 0 Å². The molecule has 124 valence electrons. The Morgan fingerprint density at radius 2 is 2.09 bits per heavy atom. The van der Waals surface area contributed by atoms with E-state index in [1.807, 2.05) is 6.07 Å². The fourth-order valence-corrected chi connectivity index (χ4v) is 2.53. The number of carbonyl (C=O) groups excluding carboxylic acids is 1. The minimum absolute atomic E-state index is 0.0249. The monoisotopic (exact) mass is 316 g/mol. The number of nitrogens with one attached hydrogen (secondary N) is 1. The summed E-state index contributed by atoms with van der Waals surface area (Å²) in [6.07, 6.45) is 2.29. The average Bonchev–Trinajstić information content (AvgIpc) is 2.98. The maximum Gasteiger partial charge on any atom is 0.253 e. The van der Waals surface area contributed by atoms with E-state index in [2.05, 4.69) is 31.1 Å². The molecule has 0 spiro atoms. The van der Waals surface area contributed by atoms with Crippen molar-refractivity contribution in [3.05, 3.63) is 41.8 Å². The van der Waals surface area contributed by atoms with Crippen LogP contribution in [0.4, 0.5) is 0 Å². The van der Waals surface area contributed by atoms with Gasteiger partial charge in [0, 0.05) is 0 Å². The first-order chi connectivity index (χ1) is 10.8. The van der Waals surface area contributed by atoms with Gasteiger partial charge in [-0.25, -0.2) is 4.98 Å². The van der Waals surface area contributed by atoms with Gasteiger partial charge in [0.2, 0.25) is 0 Å². The number of hydrogen-bond acceptors (Lipinski definition) is 4. The van der Waals surface area contributed by atoms with Gasteiger partial charge >= 0.3 is 0 Å². The summed E-state index contributed by atoms with van der Waals surface area (Å²) >= 11 is 0.